The van der Waals surface area contributed by atoms with Gasteiger partial charge in [-0.25, -0.2) is 0 Å². The fourth-order valence-electron chi connectivity index (χ4n) is 1.97. The molecule has 1 aliphatic carbocycles. The normalized spacial score (nSPS) is 35.2. The van der Waals surface area contributed by atoms with E-state index in [1.807, 2.05) is 6.92 Å². The first-order valence-electron chi connectivity index (χ1n) is 4.88. The molecule has 0 aromatic carbocycles. The first kappa shape index (κ1) is 9.79. The van der Waals surface area contributed by atoms with Crippen LogP contribution in [0.3, 0.4) is 0 Å². The lowest BCUT2D eigenvalue weighted by molar-refractivity contribution is 0.0223. The van der Waals surface area contributed by atoms with Crippen LogP contribution in [0.15, 0.2) is 11.6 Å². The third-order valence-corrected chi connectivity index (χ3v) is 2.93. The summed E-state index contributed by atoms with van der Waals surface area (Å²) in [6.07, 6.45) is 6.65. The summed E-state index contributed by atoms with van der Waals surface area (Å²) in [5, 5.41) is 9.94. The Bertz CT molecular complexity index is 175. The third kappa shape index (κ3) is 2.34. The van der Waals surface area contributed by atoms with Crippen molar-refractivity contribution in [2.45, 2.75) is 52.1 Å². The Hall–Kier alpha value is -0.300. The van der Waals surface area contributed by atoms with Crippen LogP contribution in [0.1, 0.15) is 46.5 Å². The van der Waals surface area contributed by atoms with Gasteiger partial charge < -0.3 is 5.11 Å². The molecule has 1 nitrogen and oxygen atoms in total. The van der Waals surface area contributed by atoms with Gasteiger partial charge in [0.15, 0.2) is 0 Å². The van der Waals surface area contributed by atoms with E-state index in [2.05, 4.69) is 19.9 Å². The van der Waals surface area contributed by atoms with E-state index < -0.39 is 5.60 Å². The standard InChI is InChI=1S/C11H20O/c1-9(2)6-7-10-5-4-8-11(10,3)12/h6,10,12H,4-5,7-8H2,1-3H3. The molecule has 0 amide bonds. The molecule has 1 rings (SSSR count). The highest BCUT2D eigenvalue weighted by atomic mass is 16.3. The smallest absolute Gasteiger partial charge is 0.0650 e. The van der Waals surface area contributed by atoms with Crippen LogP contribution in [-0.2, 0) is 0 Å². The Kier molecular flexibility index (Phi) is 2.94. The zero-order valence-electron chi connectivity index (χ0n) is 8.43. The largest absolute Gasteiger partial charge is 0.390 e. The van der Waals surface area contributed by atoms with Crippen molar-refractivity contribution in [3.05, 3.63) is 11.6 Å². The minimum absolute atomic E-state index is 0.397. The van der Waals surface area contributed by atoms with Crippen LogP contribution >= 0.6 is 0 Å². The van der Waals surface area contributed by atoms with Crippen LogP contribution in [-0.4, -0.2) is 10.7 Å². The predicted octanol–water partition coefficient (Wildman–Crippen LogP) is 2.89. The Morgan fingerprint density at radius 2 is 2.25 bits per heavy atom. The second kappa shape index (κ2) is 3.61. The predicted molar refractivity (Wildman–Crippen MR) is 52.0 cm³/mol. The molecular formula is C11H20O. The first-order valence-corrected chi connectivity index (χ1v) is 4.88. The molecule has 0 spiro atoms. The van der Waals surface area contributed by atoms with Crippen molar-refractivity contribution < 1.29 is 5.11 Å². The fourth-order valence-corrected chi connectivity index (χ4v) is 1.97. The summed E-state index contributed by atoms with van der Waals surface area (Å²) in [6, 6.07) is 0. The van der Waals surface area contributed by atoms with Gasteiger partial charge in [0, 0.05) is 0 Å². The maximum atomic E-state index is 9.94. The van der Waals surface area contributed by atoms with Gasteiger partial charge in [-0.05, 0) is 46.0 Å². The average Bonchev–Trinajstić information content (AvgIpc) is 2.25. The molecule has 0 saturated heterocycles. The topological polar surface area (TPSA) is 20.2 Å². The van der Waals surface area contributed by atoms with E-state index in [1.54, 1.807) is 0 Å². The van der Waals surface area contributed by atoms with E-state index in [9.17, 15) is 5.11 Å². The molecule has 0 aromatic heterocycles. The second-order valence-corrected chi connectivity index (χ2v) is 4.46. The van der Waals surface area contributed by atoms with Gasteiger partial charge >= 0.3 is 0 Å². The Morgan fingerprint density at radius 1 is 1.58 bits per heavy atom. The van der Waals surface area contributed by atoms with Crippen LogP contribution in [0.5, 0.6) is 0 Å². The Labute approximate surface area is 75.5 Å². The van der Waals surface area contributed by atoms with Crippen molar-refractivity contribution in [2.24, 2.45) is 5.92 Å². The van der Waals surface area contributed by atoms with Crippen LogP contribution in [0.4, 0.5) is 0 Å². The molecule has 1 heteroatoms. The molecule has 12 heavy (non-hydrogen) atoms. The second-order valence-electron chi connectivity index (χ2n) is 4.46. The van der Waals surface area contributed by atoms with Crippen molar-refractivity contribution in [3.8, 4) is 0 Å². The van der Waals surface area contributed by atoms with Gasteiger partial charge in [0.05, 0.1) is 5.60 Å². The minimum atomic E-state index is -0.397. The van der Waals surface area contributed by atoms with E-state index in [0.717, 1.165) is 12.8 Å². The molecule has 1 aliphatic rings. The van der Waals surface area contributed by atoms with Gasteiger partial charge in [-0.1, -0.05) is 18.1 Å². The van der Waals surface area contributed by atoms with E-state index in [4.69, 9.17) is 0 Å². The summed E-state index contributed by atoms with van der Waals surface area (Å²) in [5.41, 5.74) is 0.962. The quantitative estimate of drug-likeness (QED) is 0.629. The SMILES string of the molecule is CC(C)=CCC1CCCC1(C)O. The monoisotopic (exact) mass is 168 g/mol. The molecule has 1 fully saturated rings. The lowest BCUT2D eigenvalue weighted by Crippen LogP contribution is -2.28. The van der Waals surface area contributed by atoms with Gasteiger partial charge in [0.25, 0.3) is 0 Å². The van der Waals surface area contributed by atoms with Crippen LogP contribution in [0, 0.1) is 5.92 Å². The molecule has 2 unspecified atom stereocenters. The number of rotatable bonds is 2. The van der Waals surface area contributed by atoms with Gasteiger partial charge in [-0.2, -0.15) is 0 Å². The van der Waals surface area contributed by atoms with E-state index in [0.29, 0.717) is 5.92 Å². The van der Waals surface area contributed by atoms with Gasteiger partial charge in [-0.15, -0.1) is 0 Å². The highest BCUT2D eigenvalue weighted by Crippen LogP contribution is 2.37. The zero-order chi connectivity index (χ0) is 9.19. The summed E-state index contributed by atoms with van der Waals surface area (Å²) in [7, 11) is 0. The number of allylic oxidation sites excluding steroid dienone is 2. The minimum Gasteiger partial charge on any atom is -0.390 e. The molecule has 2 atom stereocenters. The number of hydrogen-bond acceptors (Lipinski definition) is 1. The van der Waals surface area contributed by atoms with Crippen molar-refractivity contribution in [1.29, 1.82) is 0 Å². The molecule has 0 radical (unpaired) electrons. The van der Waals surface area contributed by atoms with E-state index >= 15 is 0 Å². The average molecular weight is 168 g/mol. The maximum Gasteiger partial charge on any atom is 0.0650 e. The molecule has 1 N–H and O–H groups in total. The first-order chi connectivity index (χ1) is 5.52. The third-order valence-electron chi connectivity index (χ3n) is 2.93. The fraction of sp³-hybridized carbons (Fsp3) is 0.818. The highest BCUT2D eigenvalue weighted by Gasteiger charge is 2.35. The van der Waals surface area contributed by atoms with E-state index in [1.165, 1.54) is 18.4 Å². The van der Waals surface area contributed by atoms with Gasteiger partial charge in [-0.3, -0.25) is 0 Å². The molecule has 0 aromatic rings. The van der Waals surface area contributed by atoms with Crippen LogP contribution < -0.4 is 0 Å². The Balaban J connectivity index is 2.47. The van der Waals surface area contributed by atoms with Crippen molar-refractivity contribution >= 4 is 0 Å². The van der Waals surface area contributed by atoms with Gasteiger partial charge in [0.1, 0.15) is 0 Å². The lowest BCUT2D eigenvalue weighted by atomic mass is 9.89. The molecule has 0 bridgehead atoms. The molecule has 1 saturated carbocycles. The molecule has 0 heterocycles. The van der Waals surface area contributed by atoms with Gasteiger partial charge in [0.2, 0.25) is 0 Å². The van der Waals surface area contributed by atoms with Crippen molar-refractivity contribution in [3.63, 3.8) is 0 Å². The number of hydrogen-bond donors (Lipinski definition) is 1. The number of aliphatic hydroxyl groups is 1. The highest BCUT2D eigenvalue weighted by molar-refractivity contribution is 4.98. The summed E-state index contributed by atoms with van der Waals surface area (Å²) >= 11 is 0. The van der Waals surface area contributed by atoms with Crippen LogP contribution in [0.2, 0.25) is 0 Å². The van der Waals surface area contributed by atoms with E-state index in [-0.39, 0.29) is 0 Å². The summed E-state index contributed by atoms with van der Waals surface area (Å²) in [5.74, 6) is 0.493. The van der Waals surface area contributed by atoms with Crippen molar-refractivity contribution in [2.75, 3.05) is 0 Å². The maximum absolute atomic E-state index is 9.94. The molecule has 0 aliphatic heterocycles. The molecular weight excluding hydrogens is 148 g/mol. The zero-order valence-corrected chi connectivity index (χ0v) is 8.43. The summed E-state index contributed by atoms with van der Waals surface area (Å²) < 4.78 is 0. The van der Waals surface area contributed by atoms with Crippen molar-refractivity contribution in [1.82, 2.24) is 0 Å². The lowest BCUT2D eigenvalue weighted by Gasteiger charge is -2.24. The van der Waals surface area contributed by atoms with Crippen LogP contribution in [0.25, 0.3) is 0 Å². The molecule has 70 valence electrons. The summed E-state index contributed by atoms with van der Waals surface area (Å²) in [6.45, 7) is 6.21. The summed E-state index contributed by atoms with van der Waals surface area (Å²) in [4.78, 5) is 0. The Morgan fingerprint density at radius 3 is 2.67 bits per heavy atom.